The third-order valence-electron chi connectivity index (χ3n) is 2.58. The first kappa shape index (κ1) is 13.7. The van der Waals surface area contributed by atoms with Gasteiger partial charge in [-0.3, -0.25) is 0 Å². The highest BCUT2D eigenvalue weighted by Crippen LogP contribution is 2.26. The largest absolute Gasteiger partial charge is 0.508 e. The highest BCUT2D eigenvalue weighted by atomic mass is 16.3. The Labute approximate surface area is 105 Å². The molecule has 0 aliphatic carbocycles. The van der Waals surface area contributed by atoms with E-state index >= 15 is 0 Å². The molecule has 4 N–H and O–H groups in total. The molecule has 0 amide bonds. The molecule has 0 atom stereocenters. The SMILES string of the molecule is Cc1c(O)ccc(O)c1C.Oc1ccc(O)cc1. The van der Waals surface area contributed by atoms with Crippen LogP contribution in [0, 0.1) is 13.8 Å². The lowest BCUT2D eigenvalue weighted by Gasteiger charge is -2.03. The fraction of sp³-hybridized carbons (Fsp3) is 0.143. The van der Waals surface area contributed by atoms with Crippen molar-refractivity contribution < 1.29 is 20.4 Å². The molecule has 0 fully saturated rings. The molecule has 0 aromatic heterocycles. The van der Waals surface area contributed by atoms with E-state index < -0.39 is 0 Å². The Bertz CT molecular complexity index is 470. The summed E-state index contributed by atoms with van der Waals surface area (Å²) in [5.41, 5.74) is 1.47. The molecule has 0 saturated carbocycles. The quantitative estimate of drug-likeness (QED) is 0.540. The number of hydrogen-bond donors (Lipinski definition) is 4. The van der Waals surface area contributed by atoms with Crippen molar-refractivity contribution in [2.75, 3.05) is 0 Å². The highest BCUT2D eigenvalue weighted by Gasteiger charge is 2.02. The first-order chi connectivity index (χ1) is 8.41. The van der Waals surface area contributed by atoms with Crippen molar-refractivity contribution in [3.8, 4) is 23.0 Å². The first-order valence-corrected chi connectivity index (χ1v) is 5.38. The molecule has 2 aromatic rings. The summed E-state index contributed by atoms with van der Waals surface area (Å²) in [7, 11) is 0. The van der Waals surface area contributed by atoms with Crippen molar-refractivity contribution in [3.05, 3.63) is 47.5 Å². The summed E-state index contributed by atoms with van der Waals surface area (Å²) in [5, 5.41) is 35.5. The summed E-state index contributed by atoms with van der Waals surface area (Å²) in [6.45, 7) is 3.54. The molecule has 0 spiro atoms. The molecule has 0 aliphatic heterocycles. The molecule has 0 unspecified atom stereocenters. The minimum Gasteiger partial charge on any atom is -0.508 e. The fourth-order valence-corrected chi connectivity index (χ4v) is 1.24. The topological polar surface area (TPSA) is 80.9 Å². The van der Waals surface area contributed by atoms with E-state index in [0.29, 0.717) is 0 Å². The van der Waals surface area contributed by atoms with Gasteiger partial charge < -0.3 is 20.4 Å². The number of aromatic hydroxyl groups is 4. The van der Waals surface area contributed by atoms with Gasteiger partial charge in [-0.25, -0.2) is 0 Å². The predicted octanol–water partition coefficient (Wildman–Crippen LogP) is 2.81. The van der Waals surface area contributed by atoms with Crippen LogP contribution in [0.5, 0.6) is 23.0 Å². The van der Waals surface area contributed by atoms with Gasteiger partial charge in [-0.15, -0.1) is 0 Å². The minimum atomic E-state index is 0.169. The summed E-state index contributed by atoms with van der Waals surface area (Å²) < 4.78 is 0. The zero-order valence-corrected chi connectivity index (χ0v) is 10.3. The smallest absolute Gasteiger partial charge is 0.119 e. The Balaban J connectivity index is 0.000000184. The summed E-state index contributed by atoms with van der Waals surface area (Å²) in [5.74, 6) is 0.802. The van der Waals surface area contributed by atoms with Gasteiger partial charge in [-0.2, -0.15) is 0 Å². The molecular weight excluding hydrogens is 232 g/mol. The van der Waals surface area contributed by atoms with E-state index in [0.717, 1.165) is 11.1 Å². The lowest BCUT2D eigenvalue weighted by Crippen LogP contribution is -1.81. The third kappa shape index (κ3) is 3.59. The zero-order chi connectivity index (χ0) is 13.7. The van der Waals surface area contributed by atoms with Gasteiger partial charge in [-0.05, 0) is 61.4 Å². The molecule has 0 bridgehead atoms. The molecule has 2 aromatic carbocycles. The van der Waals surface area contributed by atoms with E-state index in [1.165, 1.54) is 36.4 Å². The maximum Gasteiger partial charge on any atom is 0.119 e. The van der Waals surface area contributed by atoms with E-state index in [-0.39, 0.29) is 23.0 Å². The van der Waals surface area contributed by atoms with E-state index in [4.69, 9.17) is 20.4 Å². The van der Waals surface area contributed by atoms with E-state index in [1.54, 1.807) is 13.8 Å². The third-order valence-corrected chi connectivity index (χ3v) is 2.58. The second-order valence-electron chi connectivity index (χ2n) is 3.87. The van der Waals surface area contributed by atoms with Crippen LogP contribution >= 0.6 is 0 Å². The van der Waals surface area contributed by atoms with Crippen LogP contribution in [0.2, 0.25) is 0 Å². The monoisotopic (exact) mass is 248 g/mol. The van der Waals surface area contributed by atoms with Crippen LogP contribution in [0.25, 0.3) is 0 Å². The van der Waals surface area contributed by atoms with Gasteiger partial charge in [0.15, 0.2) is 0 Å². The second-order valence-corrected chi connectivity index (χ2v) is 3.87. The van der Waals surface area contributed by atoms with Crippen molar-refractivity contribution >= 4 is 0 Å². The van der Waals surface area contributed by atoms with Crippen LogP contribution < -0.4 is 0 Å². The highest BCUT2D eigenvalue weighted by molar-refractivity contribution is 5.45. The molecule has 0 radical (unpaired) electrons. The summed E-state index contributed by atoms with van der Waals surface area (Å²) in [6, 6.07) is 8.67. The lowest BCUT2D eigenvalue weighted by molar-refractivity contribution is 0.453. The normalized spacial score (nSPS) is 9.44. The summed E-state index contributed by atoms with van der Waals surface area (Å²) in [6.07, 6.45) is 0. The number of hydrogen-bond acceptors (Lipinski definition) is 4. The van der Waals surface area contributed by atoms with Crippen LogP contribution in [-0.4, -0.2) is 20.4 Å². The van der Waals surface area contributed by atoms with Crippen LogP contribution in [-0.2, 0) is 0 Å². The Kier molecular flexibility index (Phi) is 4.43. The van der Waals surface area contributed by atoms with Gasteiger partial charge in [0.05, 0.1) is 0 Å². The first-order valence-electron chi connectivity index (χ1n) is 5.38. The van der Waals surface area contributed by atoms with Crippen molar-refractivity contribution in [3.63, 3.8) is 0 Å². The van der Waals surface area contributed by atoms with Gasteiger partial charge in [0.25, 0.3) is 0 Å². The molecule has 4 nitrogen and oxygen atoms in total. The molecule has 2 rings (SSSR count). The number of rotatable bonds is 0. The standard InChI is InChI=1S/C8H10O2.C6H6O2/c1-5-6(2)8(10)4-3-7(5)9;7-5-1-2-6(8)4-3-5/h3-4,9-10H,1-2H3;1-4,7-8H. The fourth-order valence-electron chi connectivity index (χ4n) is 1.24. The van der Waals surface area contributed by atoms with Gasteiger partial charge in [0.2, 0.25) is 0 Å². The lowest BCUT2D eigenvalue weighted by atomic mass is 10.1. The average Bonchev–Trinajstić information content (AvgIpc) is 2.36. The maximum absolute atomic E-state index is 9.11. The average molecular weight is 248 g/mol. The van der Waals surface area contributed by atoms with Crippen LogP contribution in [0.1, 0.15) is 11.1 Å². The number of phenols is 4. The summed E-state index contributed by atoms with van der Waals surface area (Å²) >= 11 is 0. The van der Waals surface area contributed by atoms with Crippen molar-refractivity contribution in [2.24, 2.45) is 0 Å². The zero-order valence-electron chi connectivity index (χ0n) is 10.3. The van der Waals surface area contributed by atoms with Gasteiger partial charge >= 0.3 is 0 Å². The minimum absolute atomic E-state index is 0.169. The van der Waals surface area contributed by atoms with E-state index in [9.17, 15) is 0 Å². The summed E-state index contributed by atoms with van der Waals surface area (Å²) in [4.78, 5) is 0. The molecule has 18 heavy (non-hydrogen) atoms. The number of benzene rings is 2. The number of phenolic OH excluding ortho intramolecular Hbond substituents is 4. The van der Waals surface area contributed by atoms with Crippen LogP contribution in [0.3, 0.4) is 0 Å². The van der Waals surface area contributed by atoms with Crippen molar-refractivity contribution in [2.45, 2.75) is 13.8 Å². The van der Waals surface area contributed by atoms with E-state index in [2.05, 4.69) is 0 Å². The molecule has 96 valence electrons. The predicted molar refractivity (Wildman–Crippen MR) is 69.0 cm³/mol. The molecule has 4 heteroatoms. The molecule has 0 aliphatic rings. The van der Waals surface area contributed by atoms with Gasteiger partial charge in [-0.1, -0.05) is 0 Å². The Morgan fingerprint density at radius 3 is 1.11 bits per heavy atom. The van der Waals surface area contributed by atoms with Gasteiger partial charge in [0, 0.05) is 0 Å². The Hall–Kier alpha value is -2.36. The Morgan fingerprint density at radius 2 is 0.833 bits per heavy atom. The van der Waals surface area contributed by atoms with Crippen LogP contribution in [0.15, 0.2) is 36.4 Å². The second kappa shape index (κ2) is 5.82. The molecule has 0 heterocycles. The van der Waals surface area contributed by atoms with Gasteiger partial charge in [0.1, 0.15) is 23.0 Å². The molecular formula is C14H16O4. The van der Waals surface area contributed by atoms with E-state index in [1.807, 2.05) is 0 Å². The maximum atomic E-state index is 9.11. The van der Waals surface area contributed by atoms with Crippen molar-refractivity contribution in [1.29, 1.82) is 0 Å². The molecule has 0 saturated heterocycles. The van der Waals surface area contributed by atoms with Crippen LogP contribution in [0.4, 0.5) is 0 Å². The van der Waals surface area contributed by atoms with Crippen molar-refractivity contribution in [1.82, 2.24) is 0 Å². The Morgan fingerprint density at radius 1 is 0.556 bits per heavy atom.